The summed E-state index contributed by atoms with van der Waals surface area (Å²) >= 11 is 0. The highest BCUT2D eigenvalue weighted by Crippen LogP contribution is 1.96. The molecule has 0 radical (unpaired) electrons. The number of nitrogens with one attached hydrogen (secondary N) is 2. The molecule has 1 aliphatic rings. The van der Waals surface area contributed by atoms with Gasteiger partial charge in [0.05, 0.1) is 6.33 Å². The Morgan fingerprint density at radius 1 is 1.29 bits per heavy atom. The van der Waals surface area contributed by atoms with E-state index in [-0.39, 0.29) is 0 Å². The molecule has 1 aromatic rings. The quantitative estimate of drug-likeness (QED) is 0.651. The summed E-state index contributed by atoms with van der Waals surface area (Å²) in [5.74, 6) is 0. The van der Waals surface area contributed by atoms with E-state index in [1.807, 2.05) is 0 Å². The number of rotatable bonds is 2. The Hall–Kier alpha value is -0.870. The molecule has 0 unspecified atom stereocenters. The summed E-state index contributed by atoms with van der Waals surface area (Å²) in [5, 5.41) is 3.28. The highest BCUT2D eigenvalue weighted by atomic mass is 14.9. The molecule has 0 bridgehead atoms. The number of H-pyrrole nitrogens is 1. The lowest BCUT2D eigenvalue weighted by Gasteiger charge is -2.08. The number of imidazole rings is 1. The summed E-state index contributed by atoms with van der Waals surface area (Å²) in [4.78, 5) is 6.78. The van der Waals surface area contributed by atoms with Gasteiger partial charge in [0.15, 0.2) is 0 Å². The second kappa shape index (κ2) is 7.53. The Morgan fingerprint density at radius 2 is 2.07 bits per heavy atom. The Labute approximate surface area is 85.3 Å². The lowest BCUT2D eigenvalue weighted by atomic mass is 10.2. The normalized spacial score (nSPS) is 15.8. The highest BCUT2D eigenvalue weighted by Gasteiger charge is 1.93. The third kappa shape index (κ3) is 4.99. The molecule has 0 aromatic carbocycles. The largest absolute Gasteiger partial charge is 0.348 e. The van der Waals surface area contributed by atoms with Gasteiger partial charge in [0.25, 0.3) is 0 Å². The highest BCUT2D eigenvalue weighted by molar-refractivity contribution is 4.93. The maximum atomic E-state index is 5.27. The molecule has 1 saturated heterocycles. The van der Waals surface area contributed by atoms with Crippen molar-refractivity contribution in [2.75, 3.05) is 19.6 Å². The van der Waals surface area contributed by atoms with Crippen LogP contribution in [0.5, 0.6) is 0 Å². The summed E-state index contributed by atoms with van der Waals surface area (Å²) in [5.41, 5.74) is 6.38. The molecule has 0 amide bonds. The second-order valence-electron chi connectivity index (χ2n) is 3.43. The molecule has 1 aliphatic heterocycles. The maximum Gasteiger partial charge on any atom is 0.0921 e. The first-order valence-corrected chi connectivity index (χ1v) is 5.31. The van der Waals surface area contributed by atoms with Crippen LogP contribution < -0.4 is 11.1 Å². The minimum atomic E-state index is 0.683. The summed E-state index contributed by atoms with van der Waals surface area (Å²) < 4.78 is 0. The van der Waals surface area contributed by atoms with Crippen molar-refractivity contribution in [3.05, 3.63) is 18.2 Å². The zero-order valence-electron chi connectivity index (χ0n) is 8.63. The molecule has 14 heavy (non-hydrogen) atoms. The second-order valence-corrected chi connectivity index (χ2v) is 3.43. The van der Waals surface area contributed by atoms with E-state index >= 15 is 0 Å². The van der Waals surface area contributed by atoms with E-state index in [0.29, 0.717) is 6.54 Å². The van der Waals surface area contributed by atoms with Crippen LogP contribution in [-0.4, -0.2) is 29.6 Å². The third-order valence-corrected chi connectivity index (χ3v) is 2.18. The van der Waals surface area contributed by atoms with Crippen molar-refractivity contribution < 1.29 is 0 Å². The van der Waals surface area contributed by atoms with Crippen LogP contribution in [0.1, 0.15) is 25.0 Å². The van der Waals surface area contributed by atoms with Crippen LogP contribution in [0.2, 0.25) is 0 Å². The molecule has 80 valence electrons. The first-order valence-electron chi connectivity index (χ1n) is 5.31. The average molecular weight is 196 g/mol. The predicted octanol–water partition coefficient (Wildman–Crippen LogP) is 0.671. The third-order valence-electron chi connectivity index (χ3n) is 2.18. The van der Waals surface area contributed by atoms with Gasteiger partial charge in [0, 0.05) is 18.3 Å². The van der Waals surface area contributed by atoms with E-state index in [1.165, 1.54) is 32.4 Å². The van der Waals surface area contributed by atoms with Gasteiger partial charge in [-0.3, -0.25) is 0 Å². The smallest absolute Gasteiger partial charge is 0.0921 e. The molecule has 2 rings (SSSR count). The number of hydrogen-bond donors (Lipinski definition) is 3. The van der Waals surface area contributed by atoms with Gasteiger partial charge in [0.1, 0.15) is 0 Å². The van der Waals surface area contributed by atoms with Crippen LogP contribution in [0.15, 0.2) is 12.5 Å². The first-order chi connectivity index (χ1) is 6.93. The molecule has 2 heterocycles. The first kappa shape index (κ1) is 11.2. The summed E-state index contributed by atoms with van der Waals surface area (Å²) in [7, 11) is 0. The van der Waals surface area contributed by atoms with E-state index in [2.05, 4.69) is 15.3 Å². The predicted molar refractivity (Wildman–Crippen MR) is 58.1 cm³/mol. The summed E-state index contributed by atoms with van der Waals surface area (Å²) in [6, 6.07) is 0. The molecule has 1 fully saturated rings. The van der Waals surface area contributed by atoms with Gasteiger partial charge < -0.3 is 16.0 Å². The monoisotopic (exact) mass is 196 g/mol. The molecular formula is C10H20N4. The van der Waals surface area contributed by atoms with Gasteiger partial charge in [-0.1, -0.05) is 6.42 Å². The van der Waals surface area contributed by atoms with E-state index in [0.717, 1.165) is 12.1 Å². The van der Waals surface area contributed by atoms with Gasteiger partial charge in [-0.2, -0.15) is 0 Å². The summed E-state index contributed by atoms with van der Waals surface area (Å²) in [6.07, 6.45) is 8.55. The van der Waals surface area contributed by atoms with Gasteiger partial charge in [0.2, 0.25) is 0 Å². The SMILES string of the molecule is C1CCNCC1.NCCc1cnc[nH]1. The molecule has 0 saturated carbocycles. The standard InChI is InChI=1S/C5H9N3.C5H11N/c6-2-1-5-3-7-4-8-5;1-2-4-6-5-3-1/h3-4H,1-2,6H2,(H,7,8);6H,1-5H2. The van der Waals surface area contributed by atoms with Gasteiger partial charge in [-0.15, -0.1) is 0 Å². The lowest BCUT2D eigenvalue weighted by Crippen LogP contribution is -2.21. The number of nitrogens with zero attached hydrogens (tertiary/aromatic N) is 1. The zero-order valence-corrected chi connectivity index (χ0v) is 8.63. The van der Waals surface area contributed by atoms with Gasteiger partial charge in [-0.05, 0) is 32.5 Å². The van der Waals surface area contributed by atoms with E-state index < -0.39 is 0 Å². The van der Waals surface area contributed by atoms with Crippen LogP contribution in [0.25, 0.3) is 0 Å². The fourth-order valence-corrected chi connectivity index (χ4v) is 1.38. The number of hydrogen-bond acceptors (Lipinski definition) is 3. The van der Waals surface area contributed by atoms with Crippen molar-refractivity contribution in [1.82, 2.24) is 15.3 Å². The van der Waals surface area contributed by atoms with Gasteiger partial charge >= 0.3 is 0 Å². The molecule has 0 atom stereocenters. The fraction of sp³-hybridized carbons (Fsp3) is 0.700. The van der Waals surface area contributed by atoms with Crippen LogP contribution in [0, 0.1) is 0 Å². The Kier molecular flexibility index (Phi) is 6.02. The van der Waals surface area contributed by atoms with Crippen molar-refractivity contribution in [3.63, 3.8) is 0 Å². The molecule has 1 aromatic heterocycles. The number of nitrogens with two attached hydrogens (primary N) is 1. The van der Waals surface area contributed by atoms with Crippen LogP contribution >= 0.6 is 0 Å². The van der Waals surface area contributed by atoms with E-state index in [9.17, 15) is 0 Å². The molecule has 0 aliphatic carbocycles. The van der Waals surface area contributed by atoms with Crippen molar-refractivity contribution >= 4 is 0 Å². The van der Waals surface area contributed by atoms with Crippen molar-refractivity contribution in [3.8, 4) is 0 Å². The fourth-order valence-electron chi connectivity index (χ4n) is 1.38. The maximum absolute atomic E-state index is 5.27. The topological polar surface area (TPSA) is 66.7 Å². The lowest BCUT2D eigenvalue weighted by molar-refractivity contribution is 0.520. The number of aromatic nitrogens is 2. The van der Waals surface area contributed by atoms with Crippen molar-refractivity contribution in [2.24, 2.45) is 5.73 Å². The molecule has 4 nitrogen and oxygen atoms in total. The van der Waals surface area contributed by atoms with Crippen LogP contribution in [0.4, 0.5) is 0 Å². The van der Waals surface area contributed by atoms with Crippen molar-refractivity contribution in [2.45, 2.75) is 25.7 Å². The van der Waals surface area contributed by atoms with Crippen LogP contribution in [0.3, 0.4) is 0 Å². The van der Waals surface area contributed by atoms with E-state index in [4.69, 9.17) is 5.73 Å². The molecular weight excluding hydrogens is 176 g/mol. The Balaban J connectivity index is 0.000000146. The minimum absolute atomic E-state index is 0.683. The number of aromatic amines is 1. The van der Waals surface area contributed by atoms with Gasteiger partial charge in [-0.25, -0.2) is 4.98 Å². The Bertz CT molecular complexity index is 192. The number of piperidine rings is 1. The minimum Gasteiger partial charge on any atom is -0.348 e. The van der Waals surface area contributed by atoms with E-state index in [1.54, 1.807) is 12.5 Å². The molecule has 4 heteroatoms. The Morgan fingerprint density at radius 3 is 2.43 bits per heavy atom. The molecule has 4 N–H and O–H groups in total. The zero-order chi connectivity index (χ0) is 10.1. The summed E-state index contributed by atoms with van der Waals surface area (Å²) in [6.45, 7) is 3.18. The van der Waals surface area contributed by atoms with Crippen molar-refractivity contribution in [1.29, 1.82) is 0 Å². The molecule has 0 spiro atoms. The van der Waals surface area contributed by atoms with Crippen LogP contribution in [-0.2, 0) is 6.42 Å². The average Bonchev–Trinajstić information content (AvgIpc) is 2.75.